The van der Waals surface area contributed by atoms with Crippen molar-refractivity contribution in [2.75, 3.05) is 26.7 Å². The number of fused-ring (bicyclic) bond motifs is 4. The van der Waals surface area contributed by atoms with Crippen molar-refractivity contribution in [3.63, 3.8) is 0 Å². The number of benzene rings is 2. The van der Waals surface area contributed by atoms with E-state index in [-0.39, 0.29) is 11.8 Å². The van der Waals surface area contributed by atoms with Gasteiger partial charge in [0, 0.05) is 12.0 Å². The van der Waals surface area contributed by atoms with E-state index in [2.05, 4.69) is 55.3 Å². The summed E-state index contributed by atoms with van der Waals surface area (Å²) in [5.41, 5.74) is 4.45. The zero-order chi connectivity index (χ0) is 20.7. The smallest absolute Gasteiger partial charge is 0.209 e. The molecule has 5 heteroatoms. The molecular weight excluding hydrogens is 374 g/mol. The monoisotopic (exact) mass is 406 g/mol. The molecule has 1 fully saturated rings. The molecule has 3 aliphatic rings. The molecular formula is C25H32N3O2+. The summed E-state index contributed by atoms with van der Waals surface area (Å²) in [4.78, 5) is 1.68. The van der Waals surface area contributed by atoms with Crippen molar-refractivity contribution in [2.24, 2.45) is 5.10 Å². The van der Waals surface area contributed by atoms with E-state index in [1.54, 1.807) is 12.0 Å². The number of nitrogens with zero attached hydrogens (tertiary/aromatic N) is 2. The van der Waals surface area contributed by atoms with Gasteiger partial charge in [0.25, 0.3) is 0 Å². The van der Waals surface area contributed by atoms with Gasteiger partial charge in [-0.2, -0.15) is 5.10 Å². The molecule has 0 aliphatic carbocycles. The second-order valence-corrected chi connectivity index (χ2v) is 8.90. The summed E-state index contributed by atoms with van der Waals surface area (Å²) in [7, 11) is 1.73. The predicted octanol–water partition coefficient (Wildman–Crippen LogP) is 3.33. The van der Waals surface area contributed by atoms with E-state index in [1.807, 2.05) is 6.07 Å². The van der Waals surface area contributed by atoms with Gasteiger partial charge < -0.3 is 14.4 Å². The largest absolute Gasteiger partial charge is 0.493 e. The SMILES string of the molecule is CCC[NH+]1CCC2(CC1)Oc1c(OC)cccc1[C@@H]1CC(c3ccc(C)cc3)=NN12. The first-order chi connectivity index (χ1) is 14.6. The zero-order valence-electron chi connectivity index (χ0n) is 18.3. The first-order valence-electron chi connectivity index (χ1n) is 11.3. The maximum Gasteiger partial charge on any atom is 0.209 e. The van der Waals surface area contributed by atoms with Crippen LogP contribution in [0.2, 0.25) is 0 Å². The Kier molecular flexibility index (Phi) is 4.94. The standard InChI is InChI=1S/C25H31N3O2/c1-4-14-27-15-12-25(13-16-27)28-22(20-6-5-7-23(29-3)24(20)30-25)17-21(26-28)19-10-8-18(2)9-11-19/h5-11,22H,4,12-17H2,1-3H3/p+1/t22-/m0/s1. The number of methoxy groups -OCH3 is 1. The maximum atomic E-state index is 6.81. The van der Waals surface area contributed by atoms with Crippen molar-refractivity contribution in [1.29, 1.82) is 0 Å². The molecule has 1 saturated heterocycles. The highest BCUT2D eigenvalue weighted by molar-refractivity contribution is 6.02. The molecule has 1 spiro atoms. The number of aryl methyl sites for hydroxylation is 1. The Morgan fingerprint density at radius 3 is 2.63 bits per heavy atom. The molecule has 0 saturated carbocycles. The summed E-state index contributed by atoms with van der Waals surface area (Å²) in [5.74, 6) is 1.75. The molecule has 0 unspecified atom stereocenters. The van der Waals surface area contributed by atoms with Gasteiger partial charge in [-0.3, -0.25) is 0 Å². The Balaban J connectivity index is 1.54. The number of quaternary nitrogens is 1. The quantitative estimate of drug-likeness (QED) is 0.847. The summed E-state index contributed by atoms with van der Waals surface area (Å²) in [5, 5.41) is 7.49. The van der Waals surface area contributed by atoms with E-state index in [0.717, 1.165) is 49.6 Å². The lowest BCUT2D eigenvalue weighted by Gasteiger charge is -2.50. The minimum absolute atomic E-state index is 0.202. The predicted molar refractivity (Wildman–Crippen MR) is 118 cm³/mol. The molecule has 2 aromatic rings. The van der Waals surface area contributed by atoms with E-state index < -0.39 is 0 Å². The van der Waals surface area contributed by atoms with E-state index in [1.165, 1.54) is 29.7 Å². The summed E-state index contributed by atoms with van der Waals surface area (Å²) in [6.07, 6.45) is 4.10. The number of piperidine rings is 1. The molecule has 5 rings (SSSR count). The lowest BCUT2D eigenvalue weighted by molar-refractivity contribution is -0.908. The fourth-order valence-corrected chi connectivity index (χ4v) is 5.28. The molecule has 1 N–H and O–H groups in total. The number of hydrazone groups is 1. The molecule has 2 aromatic carbocycles. The zero-order valence-corrected chi connectivity index (χ0v) is 18.3. The van der Waals surface area contributed by atoms with Gasteiger partial charge in [0.1, 0.15) is 0 Å². The molecule has 0 amide bonds. The van der Waals surface area contributed by atoms with Gasteiger partial charge in [0.2, 0.25) is 5.72 Å². The first-order valence-corrected chi connectivity index (χ1v) is 11.3. The molecule has 0 aromatic heterocycles. The fraction of sp³-hybridized carbons (Fsp3) is 0.480. The lowest BCUT2D eigenvalue weighted by Crippen LogP contribution is -3.14. The van der Waals surface area contributed by atoms with Crippen LogP contribution in [0.25, 0.3) is 0 Å². The van der Waals surface area contributed by atoms with Crippen molar-refractivity contribution in [3.8, 4) is 11.5 Å². The van der Waals surface area contributed by atoms with Gasteiger partial charge in [-0.1, -0.05) is 48.9 Å². The van der Waals surface area contributed by atoms with E-state index in [4.69, 9.17) is 14.6 Å². The number of para-hydroxylation sites is 1. The fourth-order valence-electron chi connectivity index (χ4n) is 5.28. The second-order valence-electron chi connectivity index (χ2n) is 8.90. The lowest BCUT2D eigenvalue weighted by atomic mass is 9.90. The van der Waals surface area contributed by atoms with E-state index in [9.17, 15) is 0 Å². The van der Waals surface area contributed by atoms with Gasteiger partial charge in [0.05, 0.1) is 51.3 Å². The highest BCUT2D eigenvalue weighted by Gasteiger charge is 2.53. The third-order valence-electron chi connectivity index (χ3n) is 6.93. The number of hydrogen-bond acceptors (Lipinski definition) is 4. The van der Waals surface area contributed by atoms with Crippen LogP contribution in [0.4, 0.5) is 0 Å². The van der Waals surface area contributed by atoms with Crippen LogP contribution in [0.1, 0.15) is 55.3 Å². The van der Waals surface area contributed by atoms with Crippen LogP contribution >= 0.6 is 0 Å². The van der Waals surface area contributed by atoms with Crippen LogP contribution in [0.15, 0.2) is 47.6 Å². The van der Waals surface area contributed by atoms with Crippen molar-refractivity contribution in [3.05, 3.63) is 59.2 Å². The second kappa shape index (κ2) is 7.62. The van der Waals surface area contributed by atoms with Gasteiger partial charge in [-0.05, 0) is 25.0 Å². The maximum absolute atomic E-state index is 6.81. The minimum Gasteiger partial charge on any atom is -0.493 e. The van der Waals surface area contributed by atoms with Gasteiger partial charge in [-0.25, -0.2) is 5.01 Å². The molecule has 3 heterocycles. The number of hydrogen-bond donors (Lipinski definition) is 1. The van der Waals surface area contributed by atoms with Gasteiger partial charge in [0.15, 0.2) is 11.5 Å². The summed E-state index contributed by atoms with van der Waals surface area (Å²) in [6.45, 7) is 7.87. The van der Waals surface area contributed by atoms with Crippen molar-refractivity contribution < 1.29 is 14.4 Å². The third kappa shape index (κ3) is 3.16. The Morgan fingerprint density at radius 2 is 1.93 bits per heavy atom. The molecule has 158 valence electrons. The number of nitrogens with one attached hydrogen (secondary N) is 1. The molecule has 3 aliphatic heterocycles. The average Bonchev–Trinajstić information content (AvgIpc) is 3.23. The van der Waals surface area contributed by atoms with Crippen LogP contribution < -0.4 is 14.4 Å². The minimum atomic E-state index is -0.379. The van der Waals surface area contributed by atoms with Crippen LogP contribution in [0.5, 0.6) is 11.5 Å². The Hall–Kier alpha value is -2.53. The van der Waals surface area contributed by atoms with Crippen molar-refractivity contribution in [1.82, 2.24) is 5.01 Å². The van der Waals surface area contributed by atoms with E-state index in [0.29, 0.717) is 0 Å². The van der Waals surface area contributed by atoms with Crippen molar-refractivity contribution >= 4 is 5.71 Å². The topological polar surface area (TPSA) is 38.5 Å². The highest BCUT2D eigenvalue weighted by Crippen LogP contribution is 2.52. The van der Waals surface area contributed by atoms with Crippen LogP contribution in [-0.2, 0) is 0 Å². The van der Waals surface area contributed by atoms with Crippen LogP contribution in [-0.4, -0.2) is 43.2 Å². The van der Waals surface area contributed by atoms with Crippen LogP contribution in [0.3, 0.4) is 0 Å². The number of likely N-dealkylation sites (tertiary alicyclic amines) is 1. The highest BCUT2D eigenvalue weighted by atomic mass is 16.5. The summed E-state index contributed by atoms with van der Waals surface area (Å²) >= 11 is 0. The molecule has 0 radical (unpaired) electrons. The number of ether oxygens (including phenoxy) is 2. The molecule has 1 atom stereocenters. The van der Waals surface area contributed by atoms with E-state index >= 15 is 0 Å². The Bertz CT molecular complexity index is 945. The van der Waals surface area contributed by atoms with Crippen molar-refractivity contribution in [2.45, 2.75) is 51.3 Å². The average molecular weight is 407 g/mol. The molecule has 5 nitrogen and oxygen atoms in total. The van der Waals surface area contributed by atoms with Gasteiger partial charge in [-0.15, -0.1) is 0 Å². The van der Waals surface area contributed by atoms with Crippen LogP contribution in [0, 0.1) is 6.92 Å². The third-order valence-corrected chi connectivity index (χ3v) is 6.93. The normalized spacial score (nSPS) is 27.3. The Labute approximate surface area is 179 Å². The summed E-state index contributed by atoms with van der Waals surface area (Å²) < 4.78 is 12.5. The number of rotatable bonds is 4. The Morgan fingerprint density at radius 1 is 1.17 bits per heavy atom. The van der Waals surface area contributed by atoms with Gasteiger partial charge >= 0.3 is 0 Å². The summed E-state index contributed by atoms with van der Waals surface area (Å²) in [6, 6.07) is 15.2. The first kappa shape index (κ1) is 19.4. The molecule has 30 heavy (non-hydrogen) atoms. The molecule has 0 bridgehead atoms.